The van der Waals surface area contributed by atoms with Crippen LogP contribution in [0.4, 0.5) is 10.5 Å². The second kappa shape index (κ2) is 11.1. The first kappa shape index (κ1) is 25.0. The number of thioether (sulfide) groups is 1. The summed E-state index contributed by atoms with van der Waals surface area (Å²) >= 11 is 6.87. The Hall–Kier alpha value is -4.15. The number of hydrogen-bond acceptors (Lipinski definition) is 8. The van der Waals surface area contributed by atoms with Gasteiger partial charge in [-0.25, -0.2) is 4.79 Å². The standard InChI is InChI=1S/C25H17ClN2O7S/c26-20-3-1-2-4-21(20)34-14-13-27-23(29)22(36-25(27)31)15-16-5-11-19(12-6-16)35-24(30)17-7-9-18(10-8-17)28(32)33/h1-12,15H,13-14H2/b22-15-. The van der Waals surface area contributed by atoms with Crippen molar-refractivity contribution in [3.63, 3.8) is 0 Å². The lowest BCUT2D eigenvalue weighted by atomic mass is 10.2. The Bertz CT molecular complexity index is 1360. The van der Waals surface area contributed by atoms with Crippen molar-refractivity contribution in [1.82, 2.24) is 4.90 Å². The van der Waals surface area contributed by atoms with E-state index in [1.165, 1.54) is 36.4 Å². The number of non-ortho nitro benzene ring substituents is 1. The summed E-state index contributed by atoms with van der Waals surface area (Å²) in [7, 11) is 0. The van der Waals surface area contributed by atoms with Crippen molar-refractivity contribution in [1.29, 1.82) is 0 Å². The van der Waals surface area contributed by atoms with Gasteiger partial charge in [-0.1, -0.05) is 35.9 Å². The molecule has 0 bridgehead atoms. The van der Waals surface area contributed by atoms with E-state index in [1.54, 1.807) is 42.5 Å². The summed E-state index contributed by atoms with van der Waals surface area (Å²) in [4.78, 5) is 48.8. The van der Waals surface area contributed by atoms with E-state index in [1.807, 2.05) is 0 Å². The SMILES string of the molecule is O=C(Oc1ccc(/C=C2\SC(=O)N(CCOc3ccccc3Cl)C2=O)cc1)c1ccc([N+](=O)[O-])cc1. The summed E-state index contributed by atoms with van der Waals surface area (Å²) in [5.41, 5.74) is 0.660. The molecule has 0 spiro atoms. The third-order valence-electron chi connectivity index (χ3n) is 4.98. The molecule has 1 heterocycles. The Morgan fingerprint density at radius 3 is 2.39 bits per heavy atom. The Labute approximate surface area is 214 Å². The number of ether oxygens (including phenoxy) is 2. The first-order valence-corrected chi connectivity index (χ1v) is 11.7. The monoisotopic (exact) mass is 524 g/mol. The molecular weight excluding hydrogens is 508 g/mol. The maximum atomic E-state index is 12.7. The van der Waals surface area contributed by atoms with Gasteiger partial charge in [-0.15, -0.1) is 0 Å². The molecule has 36 heavy (non-hydrogen) atoms. The lowest BCUT2D eigenvalue weighted by molar-refractivity contribution is -0.384. The number of benzene rings is 3. The minimum absolute atomic E-state index is 0.0742. The molecule has 11 heteroatoms. The van der Waals surface area contributed by atoms with Gasteiger partial charge in [-0.05, 0) is 59.8 Å². The average Bonchev–Trinajstić information content (AvgIpc) is 3.13. The van der Waals surface area contributed by atoms with E-state index in [2.05, 4.69) is 0 Å². The second-order valence-corrected chi connectivity index (χ2v) is 8.78. The van der Waals surface area contributed by atoms with E-state index in [0.717, 1.165) is 16.7 Å². The van der Waals surface area contributed by atoms with Crippen molar-refractivity contribution in [3.8, 4) is 11.5 Å². The van der Waals surface area contributed by atoms with Crippen molar-refractivity contribution in [2.75, 3.05) is 13.2 Å². The van der Waals surface area contributed by atoms with Gasteiger partial charge in [0.25, 0.3) is 16.8 Å². The van der Waals surface area contributed by atoms with Gasteiger partial charge in [0.05, 0.1) is 27.0 Å². The van der Waals surface area contributed by atoms with Crippen LogP contribution in [0.5, 0.6) is 11.5 Å². The number of imide groups is 1. The highest BCUT2D eigenvalue weighted by Crippen LogP contribution is 2.32. The van der Waals surface area contributed by atoms with Crippen LogP contribution in [0, 0.1) is 10.1 Å². The minimum Gasteiger partial charge on any atom is -0.490 e. The number of nitro groups is 1. The van der Waals surface area contributed by atoms with Crippen LogP contribution in [0.25, 0.3) is 6.08 Å². The number of carbonyl (C=O) groups is 3. The number of amides is 2. The summed E-state index contributed by atoms with van der Waals surface area (Å²) in [5.74, 6) is -0.379. The average molecular weight is 525 g/mol. The van der Waals surface area contributed by atoms with E-state index in [9.17, 15) is 24.5 Å². The maximum absolute atomic E-state index is 12.7. The van der Waals surface area contributed by atoms with E-state index < -0.39 is 22.0 Å². The van der Waals surface area contributed by atoms with Gasteiger partial charge >= 0.3 is 5.97 Å². The van der Waals surface area contributed by atoms with Gasteiger partial charge < -0.3 is 9.47 Å². The van der Waals surface area contributed by atoms with Gasteiger partial charge in [-0.2, -0.15) is 0 Å². The quantitative estimate of drug-likeness (QED) is 0.123. The van der Waals surface area contributed by atoms with Gasteiger partial charge in [0.2, 0.25) is 0 Å². The molecule has 182 valence electrons. The number of hydrogen-bond donors (Lipinski definition) is 0. The van der Waals surface area contributed by atoms with Crippen molar-refractivity contribution in [2.24, 2.45) is 0 Å². The molecule has 0 aliphatic carbocycles. The van der Waals surface area contributed by atoms with Crippen LogP contribution in [-0.4, -0.2) is 40.1 Å². The van der Waals surface area contributed by atoms with Crippen LogP contribution in [-0.2, 0) is 4.79 Å². The molecule has 2 amide bonds. The van der Waals surface area contributed by atoms with Crippen LogP contribution < -0.4 is 9.47 Å². The smallest absolute Gasteiger partial charge is 0.343 e. The lowest BCUT2D eigenvalue weighted by Gasteiger charge is -2.13. The molecule has 3 aromatic rings. The van der Waals surface area contributed by atoms with Crippen LogP contribution in [0.15, 0.2) is 77.7 Å². The largest absolute Gasteiger partial charge is 0.490 e. The summed E-state index contributed by atoms with van der Waals surface area (Å²) in [6.45, 7) is 0.175. The van der Waals surface area contributed by atoms with Gasteiger partial charge in [0, 0.05) is 12.1 Å². The predicted octanol–water partition coefficient (Wildman–Crippen LogP) is 5.58. The zero-order chi connectivity index (χ0) is 25.7. The molecule has 1 saturated heterocycles. The maximum Gasteiger partial charge on any atom is 0.343 e. The van der Waals surface area contributed by atoms with E-state index in [4.69, 9.17) is 21.1 Å². The number of nitro benzene ring substituents is 1. The van der Waals surface area contributed by atoms with Crippen LogP contribution in [0.2, 0.25) is 5.02 Å². The summed E-state index contributed by atoms with van der Waals surface area (Å²) < 4.78 is 10.8. The molecule has 1 fully saturated rings. The van der Waals surface area contributed by atoms with Crippen molar-refractivity contribution < 1.29 is 28.8 Å². The fourth-order valence-corrected chi connectivity index (χ4v) is 4.23. The van der Waals surface area contributed by atoms with Crippen molar-refractivity contribution in [3.05, 3.63) is 104 Å². The summed E-state index contributed by atoms with van der Waals surface area (Å²) in [6, 6.07) is 18.3. The Kier molecular flexibility index (Phi) is 7.67. The molecule has 0 saturated carbocycles. The Morgan fingerprint density at radius 1 is 1.03 bits per heavy atom. The molecule has 9 nitrogen and oxygen atoms in total. The zero-order valence-electron chi connectivity index (χ0n) is 18.5. The lowest BCUT2D eigenvalue weighted by Crippen LogP contribution is -2.32. The van der Waals surface area contributed by atoms with Gasteiger partial charge in [0.1, 0.15) is 18.1 Å². The van der Waals surface area contributed by atoms with Crippen LogP contribution in [0.3, 0.4) is 0 Å². The minimum atomic E-state index is -0.669. The van der Waals surface area contributed by atoms with Crippen molar-refractivity contribution >= 4 is 52.2 Å². The molecule has 1 aliphatic heterocycles. The van der Waals surface area contributed by atoms with E-state index >= 15 is 0 Å². The summed E-state index contributed by atoms with van der Waals surface area (Å²) in [5, 5.41) is 10.8. The number of halogens is 1. The number of nitrogens with zero attached hydrogens (tertiary/aromatic N) is 2. The highest BCUT2D eigenvalue weighted by molar-refractivity contribution is 8.18. The third-order valence-corrected chi connectivity index (χ3v) is 6.20. The summed E-state index contributed by atoms with van der Waals surface area (Å²) in [6.07, 6.45) is 1.57. The fourth-order valence-electron chi connectivity index (χ4n) is 3.17. The van der Waals surface area contributed by atoms with E-state index in [0.29, 0.717) is 16.3 Å². The Balaban J connectivity index is 1.35. The fraction of sp³-hybridized carbons (Fsp3) is 0.0800. The molecule has 3 aromatic carbocycles. The first-order chi connectivity index (χ1) is 17.3. The second-order valence-electron chi connectivity index (χ2n) is 7.37. The molecule has 1 aliphatic rings. The highest BCUT2D eigenvalue weighted by Gasteiger charge is 2.34. The van der Waals surface area contributed by atoms with Gasteiger partial charge in [-0.3, -0.25) is 24.6 Å². The number of esters is 1. The number of rotatable bonds is 8. The Morgan fingerprint density at radius 2 is 1.72 bits per heavy atom. The molecular formula is C25H17ClN2O7S. The first-order valence-electron chi connectivity index (χ1n) is 10.5. The number of para-hydroxylation sites is 1. The highest BCUT2D eigenvalue weighted by atomic mass is 35.5. The molecule has 0 atom stereocenters. The van der Waals surface area contributed by atoms with Crippen LogP contribution >= 0.6 is 23.4 Å². The molecule has 0 radical (unpaired) electrons. The van der Waals surface area contributed by atoms with E-state index in [-0.39, 0.29) is 35.1 Å². The topological polar surface area (TPSA) is 116 Å². The van der Waals surface area contributed by atoms with Gasteiger partial charge in [0.15, 0.2) is 0 Å². The molecule has 0 N–H and O–H groups in total. The van der Waals surface area contributed by atoms with Crippen LogP contribution in [0.1, 0.15) is 15.9 Å². The number of carbonyl (C=O) groups excluding carboxylic acids is 3. The molecule has 4 rings (SSSR count). The normalized spacial score (nSPS) is 14.2. The predicted molar refractivity (Wildman–Crippen MR) is 134 cm³/mol. The zero-order valence-corrected chi connectivity index (χ0v) is 20.0. The molecule has 0 unspecified atom stereocenters. The third kappa shape index (κ3) is 5.91. The van der Waals surface area contributed by atoms with Crippen molar-refractivity contribution in [2.45, 2.75) is 0 Å². The molecule has 0 aromatic heterocycles.